The van der Waals surface area contributed by atoms with Crippen LogP contribution >= 0.6 is 0 Å². The zero-order chi connectivity index (χ0) is 28.2. The van der Waals surface area contributed by atoms with Crippen LogP contribution < -0.4 is 16.0 Å². The van der Waals surface area contributed by atoms with Gasteiger partial charge in [0.1, 0.15) is 18.1 Å². The van der Waals surface area contributed by atoms with Crippen molar-refractivity contribution in [1.82, 2.24) is 24.9 Å². The Labute approximate surface area is 222 Å². The molecule has 1 atom stereocenters. The number of hydrogen-bond donors (Lipinski definition) is 4. The van der Waals surface area contributed by atoms with E-state index in [0.29, 0.717) is 33.8 Å². The van der Waals surface area contributed by atoms with Gasteiger partial charge in [-0.2, -0.15) is 10.4 Å². The first-order valence-corrected chi connectivity index (χ1v) is 11.7. The number of nitriles is 1. The minimum Gasteiger partial charge on any atom is -0.453 e. The average Bonchev–Trinajstić information content (AvgIpc) is 3.35. The number of rotatable bonds is 8. The van der Waals surface area contributed by atoms with Gasteiger partial charge < -0.3 is 20.5 Å². The van der Waals surface area contributed by atoms with Gasteiger partial charge in [-0.3, -0.25) is 15.1 Å². The van der Waals surface area contributed by atoms with E-state index in [1.54, 1.807) is 34.8 Å². The van der Waals surface area contributed by atoms with Crippen molar-refractivity contribution in [2.45, 2.75) is 25.6 Å². The first-order valence-electron chi connectivity index (χ1n) is 11.7. The molecule has 4 aromatic heterocycles. The molecule has 0 aromatic carbocycles. The predicted octanol–water partition coefficient (Wildman–Crippen LogP) is 3.42. The highest BCUT2D eigenvalue weighted by atomic mass is 19.1. The second kappa shape index (κ2) is 11.1. The molecule has 12 nitrogen and oxygen atoms in total. The first kappa shape index (κ1) is 27.0. The van der Waals surface area contributed by atoms with Crippen LogP contribution in [-0.2, 0) is 4.74 Å². The number of aromatic nitrogens is 4. The van der Waals surface area contributed by atoms with E-state index in [1.165, 1.54) is 45.6 Å². The SMILES string of the molecule is COC(=O)Nc1ccc(Nc2cc(-c3ccc4cc(C#N)cnn34)ncc2C(=O)NC[C@@H](F)C(C)(C)O)cn1. The lowest BCUT2D eigenvalue weighted by atomic mass is 10.0. The lowest BCUT2D eigenvalue weighted by molar-refractivity contribution is -0.00177. The molecule has 0 bridgehead atoms. The molecule has 0 saturated carbocycles. The summed E-state index contributed by atoms with van der Waals surface area (Å²) in [6.45, 7) is 2.22. The molecule has 0 saturated heterocycles. The Bertz CT molecular complexity index is 1560. The number of carbonyl (C=O) groups excluding carboxylic acids is 2. The molecule has 13 heteroatoms. The fourth-order valence-corrected chi connectivity index (χ4v) is 3.51. The number of hydrogen-bond acceptors (Lipinski definition) is 9. The van der Waals surface area contributed by atoms with Crippen LogP contribution in [0.2, 0.25) is 0 Å². The number of nitrogens with one attached hydrogen (secondary N) is 3. The molecule has 0 aliphatic rings. The van der Waals surface area contributed by atoms with E-state index in [4.69, 9.17) is 5.26 Å². The third-order valence-electron chi connectivity index (χ3n) is 5.71. The number of pyridine rings is 2. The number of ether oxygens (including phenoxy) is 1. The zero-order valence-corrected chi connectivity index (χ0v) is 21.3. The van der Waals surface area contributed by atoms with Crippen molar-refractivity contribution >= 4 is 34.7 Å². The number of aliphatic hydroxyl groups is 1. The van der Waals surface area contributed by atoms with Crippen LogP contribution in [0.4, 0.5) is 26.4 Å². The summed E-state index contributed by atoms with van der Waals surface area (Å²) in [6, 6.07) is 12.1. The number of alkyl halides is 1. The fourth-order valence-electron chi connectivity index (χ4n) is 3.51. The van der Waals surface area contributed by atoms with Crippen LogP contribution in [0.3, 0.4) is 0 Å². The van der Waals surface area contributed by atoms with Gasteiger partial charge in [0.2, 0.25) is 0 Å². The normalized spacial score (nSPS) is 11.9. The van der Waals surface area contributed by atoms with E-state index in [0.717, 1.165) is 0 Å². The highest BCUT2D eigenvalue weighted by Crippen LogP contribution is 2.28. The van der Waals surface area contributed by atoms with Gasteiger partial charge in [0.25, 0.3) is 5.91 Å². The van der Waals surface area contributed by atoms with Crippen LogP contribution in [0.5, 0.6) is 0 Å². The molecule has 39 heavy (non-hydrogen) atoms. The number of nitrogens with zero attached hydrogens (tertiary/aromatic N) is 5. The molecule has 4 rings (SSSR count). The van der Waals surface area contributed by atoms with Gasteiger partial charge in [-0.25, -0.2) is 18.7 Å². The molecule has 4 N–H and O–H groups in total. The second-order valence-corrected chi connectivity index (χ2v) is 9.03. The lowest BCUT2D eigenvalue weighted by Gasteiger charge is -2.22. The molecular formula is C26H25FN8O4. The van der Waals surface area contributed by atoms with E-state index in [2.05, 4.69) is 35.8 Å². The van der Waals surface area contributed by atoms with Crippen molar-refractivity contribution < 1.29 is 23.8 Å². The summed E-state index contributed by atoms with van der Waals surface area (Å²) in [5, 5.41) is 31.4. The van der Waals surface area contributed by atoms with Crippen LogP contribution in [0.25, 0.3) is 16.9 Å². The smallest absolute Gasteiger partial charge is 0.412 e. The van der Waals surface area contributed by atoms with Gasteiger partial charge in [-0.05, 0) is 50.2 Å². The molecule has 4 heterocycles. The molecule has 0 aliphatic carbocycles. The summed E-state index contributed by atoms with van der Waals surface area (Å²) < 4.78 is 20.4. The average molecular weight is 533 g/mol. The van der Waals surface area contributed by atoms with E-state index in [9.17, 15) is 19.1 Å². The Morgan fingerprint density at radius 2 is 1.97 bits per heavy atom. The van der Waals surface area contributed by atoms with E-state index in [-0.39, 0.29) is 11.4 Å². The summed E-state index contributed by atoms with van der Waals surface area (Å²) in [4.78, 5) is 33.0. The van der Waals surface area contributed by atoms with E-state index < -0.39 is 30.3 Å². The fraction of sp³-hybridized carbons (Fsp3) is 0.231. The van der Waals surface area contributed by atoms with Gasteiger partial charge in [-0.1, -0.05) is 0 Å². The van der Waals surface area contributed by atoms with Gasteiger partial charge in [-0.15, -0.1) is 0 Å². The maximum absolute atomic E-state index is 14.3. The summed E-state index contributed by atoms with van der Waals surface area (Å²) in [5.74, 6) is -0.360. The van der Waals surface area contributed by atoms with Gasteiger partial charge in [0.05, 0.1) is 71.1 Å². The van der Waals surface area contributed by atoms with Gasteiger partial charge in [0.15, 0.2) is 0 Å². The summed E-state index contributed by atoms with van der Waals surface area (Å²) in [5.41, 5.74) is 1.44. The number of fused-ring (bicyclic) bond motifs is 1. The Morgan fingerprint density at radius 1 is 1.18 bits per heavy atom. The minimum absolute atomic E-state index is 0.110. The maximum Gasteiger partial charge on any atom is 0.412 e. The number of anilines is 3. The minimum atomic E-state index is -1.69. The van der Waals surface area contributed by atoms with E-state index in [1.807, 2.05) is 6.07 Å². The lowest BCUT2D eigenvalue weighted by Crippen LogP contribution is -2.42. The predicted molar refractivity (Wildman–Crippen MR) is 140 cm³/mol. The number of halogens is 1. The Balaban J connectivity index is 1.68. The van der Waals surface area contributed by atoms with E-state index >= 15 is 0 Å². The summed E-state index contributed by atoms with van der Waals surface area (Å²) in [6.07, 6.45) is 1.85. The quantitative estimate of drug-likeness (QED) is 0.266. The van der Waals surface area contributed by atoms with Crippen molar-refractivity contribution in [2.75, 3.05) is 24.3 Å². The highest BCUT2D eigenvalue weighted by molar-refractivity contribution is 6.00. The van der Waals surface area contributed by atoms with Gasteiger partial charge in [0, 0.05) is 6.20 Å². The summed E-state index contributed by atoms with van der Waals surface area (Å²) in [7, 11) is 1.23. The number of carbonyl (C=O) groups is 2. The first-order chi connectivity index (χ1) is 18.6. The highest BCUT2D eigenvalue weighted by Gasteiger charge is 2.27. The third-order valence-corrected chi connectivity index (χ3v) is 5.71. The molecule has 0 unspecified atom stereocenters. The molecule has 0 radical (unpaired) electrons. The summed E-state index contributed by atoms with van der Waals surface area (Å²) >= 11 is 0. The second-order valence-electron chi connectivity index (χ2n) is 9.03. The van der Waals surface area contributed by atoms with Crippen molar-refractivity contribution in [2.24, 2.45) is 0 Å². The van der Waals surface area contributed by atoms with Crippen LogP contribution in [0.1, 0.15) is 29.8 Å². The molecule has 2 amide bonds. The number of methoxy groups -OCH3 is 1. The molecule has 0 spiro atoms. The van der Waals surface area contributed by atoms with Crippen LogP contribution in [0.15, 0.2) is 55.0 Å². The largest absolute Gasteiger partial charge is 0.453 e. The van der Waals surface area contributed by atoms with Crippen LogP contribution in [-0.4, -0.2) is 62.1 Å². The Morgan fingerprint density at radius 3 is 2.64 bits per heavy atom. The van der Waals surface area contributed by atoms with Crippen molar-refractivity contribution in [3.8, 4) is 17.5 Å². The molecular weight excluding hydrogens is 507 g/mol. The zero-order valence-electron chi connectivity index (χ0n) is 21.3. The van der Waals surface area contributed by atoms with Crippen LogP contribution in [0, 0.1) is 11.3 Å². The standard InChI is InChI=1S/C26H25FN8O4/c1-26(2,38)22(27)14-31-24(36)18-13-29-20(21-6-5-17-8-15(10-28)11-32-35(17)21)9-19(18)33-16-4-7-23(30-12-16)34-25(37)39-3/h4-9,11-13,22,38H,14H2,1-3H3,(H,29,33)(H,31,36)(H,30,34,37)/t22-/m1/s1. The van der Waals surface area contributed by atoms with Gasteiger partial charge >= 0.3 is 6.09 Å². The molecule has 0 aliphatic heterocycles. The van der Waals surface area contributed by atoms with Crippen molar-refractivity contribution in [1.29, 1.82) is 5.26 Å². The third kappa shape index (κ3) is 6.25. The molecule has 4 aromatic rings. The molecule has 200 valence electrons. The topological polar surface area (TPSA) is 167 Å². The van der Waals surface area contributed by atoms with Crippen molar-refractivity contribution in [3.05, 3.63) is 66.1 Å². The Kier molecular flexibility index (Phi) is 7.68. The molecule has 0 fully saturated rings. The Hall–Kier alpha value is -5.09. The maximum atomic E-state index is 14.3. The van der Waals surface area contributed by atoms with Crippen molar-refractivity contribution in [3.63, 3.8) is 0 Å². The number of amides is 2. The monoisotopic (exact) mass is 532 g/mol.